The summed E-state index contributed by atoms with van der Waals surface area (Å²) >= 11 is 12.4. The Morgan fingerprint density at radius 2 is 2.12 bits per heavy atom. The van der Waals surface area contributed by atoms with E-state index in [-0.39, 0.29) is 5.91 Å². The van der Waals surface area contributed by atoms with E-state index in [1.54, 1.807) is 4.90 Å². The maximum atomic E-state index is 12.7. The number of hydrogen-bond donors (Lipinski definition) is 1. The molecular weight excluding hydrogens is 531 g/mol. The first-order chi connectivity index (χ1) is 11.9. The highest BCUT2D eigenvalue weighted by atomic mass is 127. The predicted molar refractivity (Wildman–Crippen MR) is 122 cm³/mol. The predicted octanol–water partition coefficient (Wildman–Crippen LogP) is 5.63. The summed E-state index contributed by atoms with van der Waals surface area (Å²) in [5.41, 5.74) is 3.11. The van der Waals surface area contributed by atoms with Crippen molar-refractivity contribution in [2.75, 3.05) is 12.0 Å². The average Bonchev–Trinajstić information content (AvgIpc) is 2.81. The Balaban J connectivity index is 1.73. The van der Waals surface area contributed by atoms with Gasteiger partial charge in [0.15, 0.2) is 0 Å². The van der Waals surface area contributed by atoms with Gasteiger partial charge in [-0.3, -0.25) is 9.69 Å². The molecule has 0 radical (unpaired) electrons. The second-order valence-corrected chi connectivity index (χ2v) is 9.30. The SMILES string of the molecule is Cc1cc(I)ccc1NCN1C(=O)C(=Cc2cccc(Br)c2)SC1=S. The molecule has 1 N–H and O–H groups in total. The van der Waals surface area contributed by atoms with Gasteiger partial charge < -0.3 is 5.32 Å². The minimum atomic E-state index is -0.0642. The molecule has 0 unspecified atom stereocenters. The number of carbonyl (C=O) groups is 1. The van der Waals surface area contributed by atoms with E-state index in [1.165, 1.54) is 15.3 Å². The van der Waals surface area contributed by atoms with Crippen LogP contribution >= 0.6 is 62.5 Å². The average molecular weight is 545 g/mol. The Morgan fingerprint density at radius 3 is 2.84 bits per heavy atom. The van der Waals surface area contributed by atoms with Crippen molar-refractivity contribution in [3.05, 3.63) is 66.5 Å². The lowest BCUT2D eigenvalue weighted by molar-refractivity contribution is -0.121. The molecule has 0 aliphatic carbocycles. The summed E-state index contributed by atoms with van der Waals surface area (Å²) < 4.78 is 2.73. The topological polar surface area (TPSA) is 32.3 Å². The Morgan fingerprint density at radius 1 is 1.32 bits per heavy atom. The van der Waals surface area contributed by atoms with Crippen LogP contribution in [0.5, 0.6) is 0 Å². The number of carbonyl (C=O) groups excluding carboxylic acids is 1. The summed E-state index contributed by atoms with van der Waals surface area (Å²) in [7, 11) is 0. The van der Waals surface area contributed by atoms with Gasteiger partial charge in [0, 0.05) is 13.7 Å². The van der Waals surface area contributed by atoms with Gasteiger partial charge in [0.2, 0.25) is 0 Å². The number of aryl methyl sites for hydroxylation is 1. The normalized spacial score (nSPS) is 16.0. The molecule has 1 aliphatic rings. The van der Waals surface area contributed by atoms with E-state index >= 15 is 0 Å². The van der Waals surface area contributed by atoms with Crippen LogP contribution < -0.4 is 5.32 Å². The van der Waals surface area contributed by atoms with Crippen molar-refractivity contribution in [1.29, 1.82) is 0 Å². The lowest BCUT2D eigenvalue weighted by atomic mass is 10.2. The Kier molecular flexibility index (Phi) is 6.19. The van der Waals surface area contributed by atoms with Crippen molar-refractivity contribution in [1.82, 2.24) is 4.90 Å². The summed E-state index contributed by atoms with van der Waals surface area (Å²) in [5.74, 6) is -0.0642. The number of halogens is 2. The summed E-state index contributed by atoms with van der Waals surface area (Å²) in [5, 5.41) is 3.30. The van der Waals surface area contributed by atoms with Crippen LogP contribution in [0.25, 0.3) is 6.08 Å². The molecule has 0 atom stereocenters. The number of nitrogens with zero attached hydrogens (tertiary/aromatic N) is 1. The smallest absolute Gasteiger partial charge is 0.267 e. The summed E-state index contributed by atoms with van der Waals surface area (Å²) in [6.07, 6.45) is 1.88. The van der Waals surface area contributed by atoms with E-state index in [1.807, 2.05) is 49.4 Å². The fourth-order valence-electron chi connectivity index (χ4n) is 2.37. The number of benzene rings is 2. The molecule has 1 fully saturated rings. The second kappa shape index (κ2) is 8.20. The molecule has 25 heavy (non-hydrogen) atoms. The van der Waals surface area contributed by atoms with Gasteiger partial charge in [-0.1, -0.05) is 52.0 Å². The van der Waals surface area contributed by atoms with Gasteiger partial charge in [0.25, 0.3) is 5.91 Å². The number of thiocarbonyl (C=S) groups is 1. The number of hydrogen-bond acceptors (Lipinski definition) is 4. The van der Waals surface area contributed by atoms with Crippen molar-refractivity contribution >= 4 is 84.5 Å². The van der Waals surface area contributed by atoms with Crippen molar-refractivity contribution in [3.8, 4) is 0 Å². The molecule has 7 heteroatoms. The van der Waals surface area contributed by atoms with E-state index in [0.29, 0.717) is 15.9 Å². The summed E-state index contributed by atoms with van der Waals surface area (Å²) in [6.45, 7) is 2.41. The molecule has 1 heterocycles. The number of nitrogens with one attached hydrogen (secondary N) is 1. The lowest BCUT2D eigenvalue weighted by Gasteiger charge is -2.17. The fraction of sp³-hybridized carbons (Fsp3) is 0.111. The first-order valence-corrected chi connectivity index (χ1v) is 10.5. The zero-order chi connectivity index (χ0) is 18.0. The molecule has 3 nitrogen and oxygen atoms in total. The highest BCUT2D eigenvalue weighted by molar-refractivity contribution is 14.1. The largest absolute Gasteiger partial charge is 0.367 e. The molecular formula is C18H14BrIN2OS2. The molecule has 2 aromatic rings. The van der Waals surface area contributed by atoms with E-state index in [4.69, 9.17) is 12.2 Å². The molecule has 0 aromatic heterocycles. The number of anilines is 1. The third-order valence-electron chi connectivity index (χ3n) is 3.64. The molecule has 0 saturated carbocycles. The van der Waals surface area contributed by atoms with Gasteiger partial charge in [0.05, 0.1) is 11.6 Å². The number of thioether (sulfide) groups is 1. The van der Waals surface area contributed by atoms with Crippen molar-refractivity contribution in [3.63, 3.8) is 0 Å². The van der Waals surface area contributed by atoms with E-state index < -0.39 is 0 Å². The van der Waals surface area contributed by atoms with Crippen molar-refractivity contribution in [2.24, 2.45) is 0 Å². The van der Waals surface area contributed by atoms with Gasteiger partial charge in [-0.05, 0) is 77.0 Å². The Hall–Kier alpha value is -0.900. The van der Waals surface area contributed by atoms with Gasteiger partial charge in [-0.25, -0.2) is 0 Å². The summed E-state index contributed by atoms with van der Waals surface area (Å²) in [4.78, 5) is 14.9. The minimum absolute atomic E-state index is 0.0642. The van der Waals surface area contributed by atoms with E-state index in [0.717, 1.165) is 21.3 Å². The van der Waals surface area contributed by atoms with Crippen LogP contribution in [-0.2, 0) is 4.79 Å². The van der Waals surface area contributed by atoms with Gasteiger partial charge >= 0.3 is 0 Å². The molecule has 1 aliphatic heterocycles. The first kappa shape index (κ1) is 18.9. The third-order valence-corrected chi connectivity index (χ3v) is 6.18. The zero-order valence-electron chi connectivity index (χ0n) is 13.3. The van der Waals surface area contributed by atoms with Gasteiger partial charge in [0.1, 0.15) is 4.32 Å². The van der Waals surface area contributed by atoms with Crippen LogP contribution in [0.4, 0.5) is 5.69 Å². The maximum Gasteiger partial charge on any atom is 0.267 e. The first-order valence-electron chi connectivity index (χ1n) is 7.45. The third kappa shape index (κ3) is 4.64. The van der Waals surface area contributed by atoms with E-state index in [2.05, 4.69) is 49.9 Å². The minimum Gasteiger partial charge on any atom is -0.367 e. The van der Waals surface area contributed by atoms with Gasteiger partial charge in [-0.15, -0.1) is 0 Å². The highest BCUT2D eigenvalue weighted by Gasteiger charge is 2.31. The Bertz CT molecular complexity index is 885. The number of rotatable bonds is 4. The Labute approximate surface area is 178 Å². The van der Waals surface area contributed by atoms with Crippen LogP contribution in [-0.4, -0.2) is 21.8 Å². The standard InChI is InChI=1S/C18H14BrIN2OS2/c1-11-7-14(20)5-6-15(11)21-10-22-17(23)16(25-18(22)24)9-12-3-2-4-13(19)8-12/h2-9,21H,10H2,1H3. The molecule has 1 saturated heterocycles. The molecule has 0 bridgehead atoms. The molecule has 3 rings (SSSR count). The van der Waals surface area contributed by atoms with Crippen molar-refractivity contribution in [2.45, 2.75) is 6.92 Å². The molecule has 0 spiro atoms. The maximum absolute atomic E-state index is 12.7. The molecule has 1 amide bonds. The second-order valence-electron chi connectivity index (χ2n) is 5.46. The van der Waals surface area contributed by atoms with Crippen LogP contribution in [0.1, 0.15) is 11.1 Å². The molecule has 128 valence electrons. The quantitative estimate of drug-likeness (QED) is 0.307. The molecule has 2 aromatic carbocycles. The van der Waals surface area contributed by atoms with Crippen LogP contribution in [0.15, 0.2) is 51.8 Å². The summed E-state index contributed by atoms with van der Waals surface area (Å²) in [6, 6.07) is 14.0. The lowest BCUT2D eigenvalue weighted by Crippen LogP contribution is -2.33. The van der Waals surface area contributed by atoms with E-state index in [9.17, 15) is 4.79 Å². The number of amides is 1. The fourth-order valence-corrected chi connectivity index (χ4v) is 4.69. The van der Waals surface area contributed by atoms with Gasteiger partial charge in [-0.2, -0.15) is 0 Å². The highest BCUT2D eigenvalue weighted by Crippen LogP contribution is 2.33. The van der Waals surface area contributed by atoms with Crippen molar-refractivity contribution < 1.29 is 4.79 Å². The van der Waals surface area contributed by atoms with Crippen LogP contribution in [0.3, 0.4) is 0 Å². The van der Waals surface area contributed by atoms with Crippen LogP contribution in [0.2, 0.25) is 0 Å². The van der Waals surface area contributed by atoms with Crippen LogP contribution in [0, 0.1) is 10.5 Å². The zero-order valence-corrected chi connectivity index (χ0v) is 18.6. The monoisotopic (exact) mass is 544 g/mol.